The third-order valence-corrected chi connectivity index (χ3v) is 17.7. The summed E-state index contributed by atoms with van der Waals surface area (Å²) in [6.07, 6.45) is 9.46. The highest BCUT2D eigenvalue weighted by Crippen LogP contribution is 2.38. The summed E-state index contributed by atoms with van der Waals surface area (Å²) < 4.78 is 8.05. The molecule has 2 amide bonds. The molecule has 4 N–H and O–H groups in total. The minimum absolute atomic E-state index is 0.0838. The summed E-state index contributed by atoms with van der Waals surface area (Å²) in [5, 5.41) is 46.5. The first kappa shape index (κ1) is 53.9. The van der Waals surface area contributed by atoms with E-state index >= 15 is 0 Å². The lowest BCUT2D eigenvalue weighted by molar-refractivity contribution is -0.141. The number of aryl methyl sites for hydroxylation is 1. The number of amides is 2. The van der Waals surface area contributed by atoms with Crippen LogP contribution in [0.5, 0.6) is 5.75 Å². The fourth-order valence-corrected chi connectivity index (χ4v) is 13.1. The number of nitrogens with zero attached hydrogens (tertiary/aromatic N) is 12. The van der Waals surface area contributed by atoms with Crippen molar-refractivity contribution in [3.8, 4) is 27.4 Å². The van der Waals surface area contributed by atoms with Crippen molar-refractivity contribution in [1.82, 2.24) is 55.2 Å². The number of phenolic OH excluding ortho intramolecular Hbond substituents is 1. The zero-order valence-corrected chi connectivity index (χ0v) is 47.0. The van der Waals surface area contributed by atoms with Gasteiger partial charge in [-0.2, -0.15) is 5.10 Å². The molecule has 0 spiro atoms. The van der Waals surface area contributed by atoms with Crippen LogP contribution in [-0.4, -0.2) is 142 Å². The van der Waals surface area contributed by atoms with E-state index in [1.165, 1.54) is 10.5 Å². The van der Waals surface area contributed by atoms with Gasteiger partial charge in [-0.1, -0.05) is 55.4 Å². The SMILES string of the molecule is Cc1ncsc1-c1ccc([C@H](C)NC(=O)[C@@H]2C[C@@H](O)CN2C(=O)C(c2cc(N3CCC(CN4CCC(c5cnc(N6CCC(n7nc(NC(C)C)c8nnc(-c9ccccc9O)cc87)CC6)nc5)CC4)CC3)no2)C(C)C)cc1. The number of aromatic nitrogens is 8. The maximum absolute atomic E-state index is 14.4. The molecule has 19 nitrogen and oxygen atoms in total. The van der Waals surface area contributed by atoms with Gasteiger partial charge < -0.3 is 45.0 Å². The summed E-state index contributed by atoms with van der Waals surface area (Å²) in [6.45, 7) is 18.6. The third kappa shape index (κ3) is 11.7. The quantitative estimate of drug-likeness (QED) is 0.0711. The molecule has 0 saturated carbocycles. The van der Waals surface area contributed by atoms with Crippen molar-refractivity contribution in [2.75, 3.05) is 67.5 Å². The molecule has 0 bridgehead atoms. The number of benzene rings is 2. The Morgan fingerprint density at radius 3 is 2.25 bits per heavy atom. The van der Waals surface area contributed by atoms with Crippen molar-refractivity contribution < 1.29 is 24.3 Å². The smallest absolute Gasteiger partial charge is 0.243 e. The molecule has 2 aromatic carbocycles. The van der Waals surface area contributed by atoms with E-state index in [2.05, 4.69) is 64.2 Å². The van der Waals surface area contributed by atoms with Crippen LogP contribution in [0.15, 0.2) is 83.1 Å². The molecule has 79 heavy (non-hydrogen) atoms. The number of phenols is 1. The number of hydrogen-bond acceptors (Lipinski definition) is 17. The number of β-amino-alcohol motifs (C(OH)–C–C–N with tert-alkyl or cyclic N) is 1. The maximum atomic E-state index is 14.4. The Balaban J connectivity index is 0.636. The summed E-state index contributed by atoms with van der Waals surface area (Å²) in [6, 6.07) is 18.4. The molecule has 4 aliphatic heterocycles. The highest BCUT2D eigenvalue weighted by molar-refractivity contribution is 7.13. The number of aliphatic hydroxyl groups excluding tert-OH is 1. The van der Waals surface area contributed by atoms with E-state index in [1.54, 1.807) is 23.5 Å². The number of anilines is 3. The molecule has 4 aliphatic rings. The molecule has 4 fully saturated rings. The highest BCUT2D eigenvalue weighted by Gasteiger charge is 2.44. The van der Waals surface area contributed by atoms with Crippen LogP contribution in [0.25, 0.3) is 32.7 Å². The van der Waals surface area contributed by atoms with Crippen molar-refractivity contribution >= 4 is 51.8 Å². The summed E-state index contributed by atoms with van der Waals surface area (Å²) in [7, 11) is 0. The van der Waals surface area contributed by atoms with Gasteiger partial charge in [0.05, 0.1) is 45.5 Å². The van der Waals surface area contributed by atoms with E-state index < -0.39 is 18.1 Å². The van der Waals surface area contributed by atoms with Gasteiger partial charge in [-0.15, -0.1) is 21.5 Å². The number of aromatic hydroxyl groups is 1. The molecule has 416 valence electrons. The molecule has 4 saturated heterocycles. The largest absolute Gasteiger partial charge is 0.507 e. The van der Waals surface area contributed by atoms with Crippen LogP contribution in [0.3, 0.4) is 0 Å². The van der Waals surface area contributed by atoms with Gasteiger partial charge in [-0.3, -0.25) is 14.3 Å². The highest BCUT2D eigenvalue weighted by atomic mass is 32.1. The van der Waals surface area contributed by atoms with Gasteiger partial charge in [-0.25, -0.2) is 15.0 Å². The molecule has 9 heterocycles. The van der Waals surface area contributed by atoms with Crippen molar-refractivity contribution in [3.05, 3.63) is 101 Å². The second kappa shape index (κ2) is 23.4. The van der Waals surface area contributed by atoms with Crippen LogP contribution in [-0.2, 0) is 9.59 Å². The zero-order valence-electron chi connectivity index (χ0n) is 46.2. The number of aliphatic hydroxyl groups is 1. The second-order valence-corrected chi connectivity index (χ2v) is 23.8. The zero-order chi connectivity index (χ0) is 54.9. The van der Waals surface area contributed by atoms with Gasteiger partial charge in [0.25, 0.3) is 0 Å². The van der Waals surface area contributed by atoms with Gasteiger partial charge in [0.15, 0.2) is 22.9 Å². The normalized spacial score (nSPS) is 19.9. The van der Waals surface area contributed by atoms with E-state index in [9.17, 15) is 19.8 Å². The summed E-state index contributed by atoms with van der Waals surface area (Å²) in [4.78, 5) is 52.3. The van der Waals surface area contributed by atoms with Crippen LogP contribution in [0.2, 0.25) is 0 Å². The fourth-order valence-electron chi connectivity index (χ4n) is 12.3. The first-order valence-electron chi connectivity index (χ1n) is 28.4. The van der Waals surface area contributed by atoms with E-state index in [1.807, 2.05) is 94.1 Å². The van der Waals surface area contributed by atoms with Gasteiger partial charge in [0.2, 0.25) is 17.8 Å². The average molecular weight is 1090 g/mol. The van der Waals surface area contributed by atoms with Crippen LogP contribution >= 0.6 is 11.3 Å². The number of nitrogens with one attached hydrogen (secondary N) is 2. The molecule has 4 atom stereocenters. The maximum Gasteiger partial charge on any atom is 0.243 e. The van der Waals surface area contributed by atoms with Crippen LogP contribution in [0.4, 0.5) is 17.6 Å². The Labute approximate surface area is 465 Å². The summed E-state index contributed by atoms with van der Waals surface area (Å²) in [5.41, 5.74) is 8.93. The molecule has 11 rings (SSSR count). The van der Waals surface area contributed by atoms with Crippen LogP contribution in [0.1, 0.15) is 126 Å². The lowest BCUT2D eigenvalue weighted by Crippen LogP contribution is -2.48. The van der Waals surface area contributed by atoms with E-state index in [4.69, 9.17) is 19.6 Å². The molecule has 20 heteroatoms. The fraction of sp³-hybridized carbons (Fsp3) is 0.508. The van der Waals surface area contributed by atoms with Crippen molar-refractivity contribution in [1.29, 1.82) is 0 Å². The molecule has 0 aliphatic carbocycles. The summed E-state index contributed by atoms with van der Waals surface area (Å²) >= 11 is 1.60. The number of carbonyl (C=O) groups excluding carboxylic acids is 2. The first-order chi connectivity index (χ1) is 38.2. The number of carbonyl (C=O) groups is 2. The van der Waals surface area contributed by atoms with Crippen LogP contribution in [0, 0.1) is 18.8 Å². The number of hydrogen-bond donors (Lipinski definition) is 4. The number of piperidine rings is 3. The Hall–Kier alpha value is -7.03. The average Bonchev–Trinajstić information content (AvgIpc) is 4.47. The Kier molecular flexibility index (Phi) is 15.9. The van der Waals surface area contributed by atoms with E-state index in [0.717, 1.165) is 135 Å². The number of likely N-dealkylation sites (tertiary alicyclic amines) is 2. The Bertz CT molecular complexity index is 3210. The topological polar surface area (TPSA) is 220 Å². The molecule has 1 unspecified atom stereocenters. The molecular formula is C59H74N14O5S. The first-order valence-corrected chi connectivity index (χ1v) is 29.2. The van der Waals surface area contributed by atoms with E-state index in [-0.39, 0.29) is 54.6 Å². The minimum atomic E-state index is -0.803. The molecular weight excluding hydrogens is 1020 g/mol. The van der Waals surface area contributed by atoms with Crippen molar-refractivity contribution in [2.24, 2.45) is 11.8 Å². The Morgan fingerprint density at radius 1 is 0.848 bits per heavy atom. The van der Waals surface area contributed by atoms with Crippen molar-refractivity contribution in [3.63, 3.8) is 0 Å². The number of fused-ring (bicyclic) bond motifs is 1. The molecule has 0 radical (unpaired) electrons. The summed E-state index contributed by atoms with van der Waals surface area (Å²) in [5.74, 6) is 2.58. The number of thiazole rings is 1. The predicted molar refractivity (Wildman–Crippen MR) is 306 cm³/mol. The molecule has 5 aromatic heterocycles. The standard InChI is InChI=1S/C59H74N14O5S/c1-35(2)53(58(77)72-33-45(74)27-49(72)57(76)64-37(5)40-11-13-42(14-12-40)55-38(6)62-34-79-55)51-29-52(68-78-51)70-23-15-39(16-24-70)32-69-21-17-41(18-22-69)43-30-60-59(61-31-43)71-25-19-44(20-26-71)73-48-28-47(46-9-7-8-10-50(46)75)65-66-54(48)56(67-73)63-36(3)4/h7-14,28-31,34-37,39,41,44-45,49,53,74-75H,15-27,32-33H2,1-6H3,(H,63,67)(H,64,76)/t37-,45+,49-,53?/m0/s1. The minimum Gasteiger partial charge on any atom is -0.507 e. The van der Waals surface area contributed by atoms with Gasteiger partial charge in [0, 0.05) is 75.8 Å². The van der Waals surface area contributed by atoms with Gasteiger partial charge >= 0.3 is 0 Å². The number of para-hydroxylation sites is 1. The number of rotatable bonds is 16. The molecule has 7 aromatic rings. The lowest BCUT2D eigenvalue weighted by Gasteiger charge is -2.37. The van der Waals surface area contributed by atoms with Crippen molar-refractivity contribution in [2.45, 2.75) is 129 Å². The second-order valence-electron chi connectivity index (χ2n) is 22.9. The van der Waals surface area contributed by atoms with Gasteiger partial charge in [0.1, 0.15) is 17.7 Å². The third-order valence-electron chi connectivity index (χ3n) is 16.7. The predicted octanol–water partition coefficient (Wildman–Crippen LogP) is 8.75. The monoisotopic (exact) mass is 1090 g/mol. The van der Waals surface area contributed by atoms with E-state index in [0.29, 0.717) is 28.9 Å². The Morgan fingerprint density at radius 2 is 1.57 bits per heavy atom. The lowest BCUT2D eigenvalue weighted by atomic mass is 9.89. The van der Waals surface area contributed by atoms with Crippen LogP contribution < -0.4 is 20.4 Å². The van der Waals surface area contributed by atoms with Gasteiger partial charge in [-0.05, 0) is 132 Å².